The van der Waals surface area contributed by atoms with Gasteiger partial charge in [0.15, 0.2) is 0 Å². The highest BCUT2D eigenvalue weighted by molar-refractivity contribution is 7.89. The molecule has 1 amide bonds. The molecule has 2 heterocycles. The van der Waals surface area contributed by atoms with Crippen LogP contribution in [0.25, 0.3) is 22.0 Å². The second-order valence-corrected chi connectivity index (χ2v) is 9.10. The van der Waals surface area contributed by atoms with Crippen LogP contribution in [0.4, 0.5) is 19.3 Å². The number of rotatable bonds is 3. The number of carbonyl (C=O) groups is 1. The summed E-state index contributed by atoms with van der Waals surface area (Å²) in [6.45, 7) is 0.388. The van der Waals surface area contributed by atoms with E-state index in [4.69, 9.17) is 5.14 Å². The largest absolute Gasteiger partial charge is 0.333 e. The minimum Gasteiger partial charge on any atom is -0.293 e. The van der Waals surface area contributed by atoms with Gasteiger partial charge in [0.25, 0.3) is 0 Å². The second-order valence-electron chi connectivity index (χ2n) is 7.57. The second kappa shape index (κ2) is 7.25. The van der Waals surface area contributed by atoms with Crippen molar-refractivity contribution in [2.45, 2.75) is 11.3 Å². The molecule has 162 valence electrons. The number of amides is 1. The lowest BCUT2D eigenvalue weighted by molar-refractivity contribution is 0.246. The summed E-state index contributed by atoms with van der Waals surface area (Å²) in [5.74, 6) is -1.30. The van der Waals surface area contributed by atoms with E-state index in [1.54, 1.807) is 48.5 Å². The van der Waals surface area contributed by atoms with Gasteiger partial charge in [0.05, 0.1) is 5.52 Å². The molecule has 3 aromatic carbocycles. The third-order valence-electron chi connectivity index (χ3n) is 5.62. The Bertz CT molecular complexity index is 1500. The number of anilines is 1. The van der Waals surface area contributed by atoms with Crippen molar-refractivity contribution in [3.63, 3.8) is 0 Å². The Morgan fingerprint density at radius 1 is 0.906 bits per heavy atom. The van der Waals surface area contributed by atoms with Crippen molar-refractivity contribution < 1.29 is 22.0 Å². The van der Waals surface area contributed by atoms with Crippen LogP contribution in [0, 0.1) is 11.6 Å². The maximum absolute atomic E-state index is 14.2. The molecule has 0 unspecified atom stereocenters. The topological polar surface area (TPSA) is 85.4 Å². The van der Waals surface area contributed by atoms with Gasteiger partial charge >= 0.3 is 6.03 Å². The first-order valence-electron chi connectivity index (χ1n) is 9.77. The van der Waals surface area contributed by atoms with Crippen LogP contribution in [0.15, 0.2) is 71.6 Å². The van der Waals surface area contributed by atoms with Gasteiger partial charge in [-0.3, -0.25) is 9.47 Å². The smallest absolute Gasteiger partial charge is 0.293 e. The Morgan fingerprint density at radius 2 is 1.62 bits per heavy atom. The zero-order valence-electron chi connectivity index (χ0n) is 16.6. The summed E-state index contributed by atoms with van der Waals surface area (Å²) in [6, 6.07) is 16.8. The number of benzene rings is 3. The number of fused-ring (bicyclic) bond motifs is 3. The number of sulfonamides is 1. The summed E-state index contributed by atoms with van der Waals surface area (Å²) in [4.78, 5) is 14.2. The van der Waals surface area contributed by atoms with Crippen LogP contribution in [0.3, 0.4) is 0 Å². The van der Waals surface area contributed by atoms with Crippen LogP contribution >= 0.6 is 0 Å². The van der Waals surface area contributed by atoms with Crippen LogP contribution in [0.5, 0.6) is 0 Å². The van der Waals surface area contributed by atoms with Crippen molar-refractivity contribution in [2.75, 3.05) is 11.4 Å². The highest BCUT2D eigenvalue weighted by atomic mass is 32.2. The third kappa shape index (κ3) is 3.26. The monoisotopic (exact) mass is 453 g/mol. The van der Waals surface area contributed by atoms with Crippen LogP contribution in [-0.4, -0.2) is 25.6 Å². The van der Waals surface area contributed by atoms with Gasteiger partial charge in [-0.15, -0.1) is 0 Å². The Morgan fingerprint density at radius 3 is 2.31 bits per heavy atom. The van der Waals surface area contributed by atoms with Crippen molar-refractivity contribution in [3.05, 3.63) is 84.1 Å². The average molecular weight is 453 g/mol. The van der Waals surface area contributed by atoms with Crippen molar-refractivity contribution in [2.24, 2.45) is 5.14 Å². The van der Waals surface area contributed by atoms with E-state index in [2.05, 4.69) is 0 Å². The predicted molar refractivity (Wildman–Crippen MR) is 117 cm³/mol. The maximum Gasteiger partial charge on any atom is 0.333 e. The number of halogens is 2. The number of nitrogens with two attached hydrogens (primary N) is 1. The Kier molecular flexibility index (Phi) is 4.61. The normalized spacial score (nSPS) is 14.1. The third-order valence-corrected chi connectivity index (χ3v) is 6.54. The summed E-state index contributed by atoms with van der Waals surface area (Å²) in [7, 11) is -4.29. The summed E-state index contributed by atoms with van der Waals surface area (Å²) in [6.07, 6.45) is 0.488. The molecular formula is C23H17F2N3O3S. The van der Waals surface area contributed by atoms with E-state index in [0.29, 0.717) is 40.9 Å². The molecule has 6 nitrogen and oxygen atoms in total. The molecule has 1 aliphatic rings. The predicted octanol–water partition coefficient (Wildman–Crippen LogP) is 4.26. The van der Waals surface area contributed by atoms with E-state index < -0.39 is 26.8 Å². The number of hydrogen-bond acceptors (Lipinski definition) is 3. The van der Waals surface area contributed by atoms with Crippen molar-refractivity contribution in [1.82, 2.24) is 4.57 Å². The van der Waals surface area contributed by atoms with Gasteiger partial charge in [-0.25, -0.2) is 27.1 Å². The minimum atomic E-state index is -4.29. The van der Waals surface area contributed by atoms with E-state index in [0.717, 1.165) is 12.1 Å². The van der Waals surface area contributed by atoms with Gasteiger partial charge in [-0.2, -0.15) is 0 Å². The molecule has 32 heavy (non-hydrogen) atoms. The van der Waals surface area contributed by atoms with Gasteiger partial charge in [-0.1, -0.05) is 30.3 Å². The number of primary sulfonamides is 1. The Labute approximate surface area is 182 Å². The molecule has 0 fully saturated rings. The molecule has 2 N–H and O–H groups in total. The molecule has 1 aromatic heterocycles. The first-order chi connectivity index (χ1) is 15.2. The number of hydrogen-bond donors (Lipinski definition) is 1. The van der Waals surface area contributed by atoms with Crippen LogP contribution in [-0.2, 0) is 16.4 Å². The molecule has 9 heteroatoms. The lowest BCUT2D eigenvalue weighted by Crippen LogP contribution is -2.41. The van der Waals surface area contributed by atoms with Crippen LogP contribution < -0.4 is 10.0 Å². The Hall–Kier alpha value is -3.56. The molecule has 0 saturated carbocycles. The van der Waals surface area contributed by atoms with Gasteiger partial charge in [0.2, 0.25) is 10.0 Å². The number of nitrogens with zero attached hydrogens (tertiary/aromatic N) is 2. The SMILES string of the molecule is NS(=O)(=O)c1cc2c(cc1F)cc1n2C(=O)N(c2ccc(-c3ccccc3F)cc2)CC1. The van der Waals surface area contributed by atoms with Gasteiger partial charge in [-0.05, 0) is 42.0 Å². The van der Waals surface area contributed by atoms with E-state index >= 15 is 0 Å². The zero-order valence-corrected chi connectivity index (χ0v) is 17.4. The summed E-state index contributed by atoms with van der Waals surface area (Å²) in [5, 5.41) is 5.53. The molecule has 0 radical (unpaired) electrons. The number of carbonyl (C=O) groups excluding carboxylic acids is 1. The zero-order chi connectivity index (χ0) is 22.6. The fraction of sp³-hybridized carbons (Fsp3) is 0.0870. The lowest BCUT2D eigenvalue weighted by atomic mass is 10.0. The van der Waals surface area contributed by atoms with Crippen molar-refractivity contribution in [1.29, 1.82) is 0 Å². The molecule has 0 saturated heterocycles. The maximum atomic E-state index is 14.2. The quantitative estimate of drug-likeness (QED) is 0.503. The van der Waals surface area contributed by atoms with E-state index in [-0.39, 0.29) is 11.3 Å². The molecule has 0 spiro atoms. The molecule has 0 atom stereocenters. The molecule has 4 aromatic rings. The summed E-state index contributed by atoms with van der Waals surface area (Å²) < 4.78 is 53.1. The van der Waals surface area contributed by atoms with Crippen molar-refractivity contribution >= 4 is 32.6 Å². The van der Waals surface area contributed by atoms with Gasteiger partial charge in [0.1, 0.15) is 16.5 Å². The fourth-order valence-corrected chi connectivity index (χ4v) is 4.70. The van der Waals surface area contributed by atoms with Crippen molar-refractivity contribution in [3.8, 4) is 11.1 Å². The molecule has 0 aliphatic carbocycles. The molecular weight excluding hydrogens is 436 g/mol. The van der Waals surface area contributed by atoms with E-state index in [1.165, 1.54) is 15.5 Å². The van der Waals surface area contributed by atoms with Gasteiger partial charge in [0, 0.05) is 35.3 Å². The highest BCUT2D eigenvalue weighted by Gasteiger charge is 2.29. The lowest BCUT2D eigenvalue weighted by Gasteiger charge is -2.29. The molecule has 1 aliphatic heterocycles. The fourth-order valence-electron chi connectivity index (χ4n) is 4.09. The number of aromatic nitrogens is 1. The van der Waals surface area contributed by atoms with E-state index in [9.17, 15) is 22.0 Å². The van der Waals surface area contributed by atoms with Gasteiger partial charge < -0.3 is 0 Å². The van der Waals surface area contributed by atoms with E-state index in [1.807, 2.05) is 0 Å². The van der Waals surface area contributed by atoms with Crippen LogP contribution in [0.1, 0.15) is 5.69 Å². The minimum absolute atomic E-state index is 0.267. The first kappa shape index (κ1) is 20.3. The standard InChI is InChI=1S/C23H17F2N3O3S/c24-19-4-2-1-3-18(19)14-5-7-16(8-6-14)27-10-9-17-11-15-12-20(25)22(32(26,30)31)13-21(15)28(17)23(27)29/h1-8,11-13H,9-10H2,(H2,26,30,31). The summed E-state index contributed by atoms with van der Waals surface area (Å²) >= 11 is 0. The van der Waals surface area contributed by atoms with Crippen LogP contribution in [0.2, 0.25) is 0 Å². The average Bonchev–Trinajstić information content (AvgIpc) is 3.11. The molecule has 0 bridgehead atoms. The first-order valence-corrected chi connectivity index (χ1v) is 11.3. The highest BCUT2D eigenvalue weighted by Crippen LogP contribution is 2.31. The Balaban J connectivity index is 1.55. The molecule has 5 rings (SSSR count). The summed E-state index contributed by atoms with van der Waals surface area (Å²) in [5.41, 5.74) is 2.66.